The number of nitrogens with one attached hydrogen (secondary N) is 1. The van der Waals surface area contributed by atoms with Crippen LogP contribution in [-0.4, -0.2) is 50.3 Å². The molecule has 0 spiro atoms. The highest BCUT2D eigenvalue weighted by molar-refractivity contribution is 6.32. The summed E-state index contributed by atoms with van der Waals surface area (Å²) < 4.78 is 11.1. The minimum Gasteiger partial charge on any atom is -0.492 e. The van der Waals surface area contributed by atoms with E-state index in [4.69, 9.17) is 32.7 Å². The van der Waals surface area contributed by atoms with Crippen molar-refractivity contribution < 1.29 is 14.3 Å². The quantitative estimate of drug-likeness (QED) is 0.593. The molecule has 1 aliphatic heterocycles. The molecule has 0 bridgehead atoms. The van der Waals surface area contributed by atoms with Crippen LogP contribution in [0.25, 0.3) is 0 Å². The van der Waals surface area contributed by atoms with Gasteiger partial charge < -0.3 is 14.8 Å². The molecular weight excluding hydrogens is 411 g/mol. The van der Waals surface area contributed by atoms with E-state index in [0.717, 1.165) is 18.7 Å². The van der Waals surface area contributed by atoms with E-state index in [2.05, 4.69) is 16.3 Å². The number of halogens is 2. The largest absolute Gasteiger partial charge is 0.492 e. The molecule has 1 heterocycles. The average molecular weight is 437 g/mol. The lowest BCUT2D eigenvalue weighted by atomic mass is 10.0. The fourth-order valence-corrected chi connectivity index (χ4v) is 3.73. The van der Waals surface area contributed by atoms with Gasteiger partial charge in [0.1, 0.15) is 5.75 Å². The molecule has 5 nitrogen and oxygen atoms in total. The minimum absolute atomic E-state index is 0.00745. The van der Waals surface area contributed by atoms with Gasteiger partial charge >= 0.3 is 0 Å². The summed E-state index contributed by atoms with van der Waals surface area (Å²) in [5.74, 6) is 0.649. The van der Waals surface area contributed by atoms with Gasteiger partial charge in [0.2, 0.25) is 5.91 Å². The van der Waals surface area contributed by atoms with E-state index in [-0.39, 0.29) is 11.9 Å². The fourth-order valence-electron chi connectivity index (χ4n) is 3.34. The lowest BCUT2D eigenvalue weighted by Crippen LogP contribution is -2.43. The minimum atomic E-state index is 0.00745. The van der Waals surface area contributed by atoms with E-state index in [1.165, 1.54) is 0 Å². The first-order valence-electron chi connectivity index (χ1n) is 9.85. The number of carbonyl (C=O) groups is 1. The number of amides is 1. The number of rotatable bonds is 9. The lowest BCUT2D eigenvalue weighted by molar-refractivity contribution is -0.121. The summed E-state index contributed by atoms with van der Waals surface area (Å²) >= 11 is 12.2. The van der Waals surface area contributed by atoms with Gasteiger partial charge in [0.15, 0.2) is 0 Å². The Kier molecular flexibility index (Phi) is 8.62. The maximum Gasteiger partial charge on any atom is 0.220 e. The zero-order valence-corrected chi connectivity index (χ0v) is 17.8. The third-order valence-corrected chi connectivity index (χ3v) is 5.40. The predicted molar refractivity (Wildman–Crippen MR) is 116 cm³/mol. The summed E-state index contributed by atoms with van der Waals surface area (Å²) in [5.41, 5.74) is 1.10. The van der Waals surface area contributed by atoms with Crippen molar-refractivity contribution >= 4 is 29.1 Å². The molecule has 3 rings (SSSR count). The van der Waals surface area contributed by atoms with Gasteiger partial charge in [-0.15, -0.1) is 0 Å². The Morgan fingerprint density at radius 3 is 2.69 bits per heavy atom. The van der Waals surface area contributed by atoms with Gasteiger partial charge in [0.25, 0.3) is 0 Å². The summed E-state index contributed by atoms with van der Waals surface area (Å²) in [7, 11) is 0. The molecule has 2 aromatic rings. The topological polar surface area (TPSA) is 50.8 Å². The second-order valence-corrected chi connectivity index (χ2v) is 7.75. The number of para-hydroxylation sites is 1. The molecule has 7 heteroatoms. The summed E-state index contributed by atoms with van der Waals surface area (Å²) in [6.07, 6.45) is 1.02. The number of morpholine rings is 1. The molecule has 1 unspecified atom stereocenters. The second-order valence-electron chi connectivity index (χ2n) is 6.91. The van der Waals surface area contributed by atoms with Crippen molar-refractivity contribution in [2.75, 3.05) is 39.5 Å². The summed E-state index contributed by atoms with van der Waals surface area (Å²) in [6, 6.07) is 15.2. The molecule has 1 atom stereocenters. The predicted octanol–water partition coefficient (Wildman–Crippen LogP) is 4.34. The van der Waals surface area contributed by atoms with Crippen LogP contribution >= 0.6 is 23.2 Å². The van der Waals surface area contributed by atoms with Crippen molar-refractivity contribution in [3.05, 3.63) is 64.1 Å². The van der Waals surface area contributed by atoms with Crippen molar-refractivity contribution in [1.29, 1.82) is 0 Å². The average Bonchev–Trinajstić information content (AvgIpc) is 2.73. The lowest BCUT2D eigenvalue weighted by Gasteiger charge is -2.35. The molecule has 0 aromatic heterocycles. The summed E-state index contributed by atoms with van der Waals surface area (Å²) in [6.45, 7) is 4.04. The van der Waals surface area contributed by atoms with Crippen molar-refractivity contribution in [2.24, 2.45) is 0 Å². The highest BCUT2D eigenvalue weighted by Crippen LogP contribution is 2.24. The first kappa shape index (κ1) is 21.9. The van der Waals surface area contributed by atoms with Crippen LogP contribution in [0.15, 0.2) is 48.5 Å². The van der Waals surface area contributed by atoms with Gasteiger partial charge in [-0.05, 0) is 36.2 Å². The molecule has 29 heavy (non-hydrogen) atoms. The van der Waals surface area contributed by atoms with Crippen LogP contribution < -0.4 is 10.1 Å². The Balaban J connectivity index is 1.48. The number of benzene rings is 2. The number of hydrogen-bond donors (Lipinski definition) is 1. The SMILES string of the molecule is O=C(CCCOc1ccccc1Cl)NCC(c1cccc(Cl)c1)N1CCOCC1. The number of ether oxygens (including phenoxy) is 2. The molecular formula is C22H26Cl2N2O3. The van der Waals surface area contributed by atoms with Crippen molar-refractivity contribution in [3.63, 3.8) is 0 Å². The van der Waals surface area contributed by atoms with E-state index in [0.29, 0.717) is 55.0 Å². The molecule has 0 aliphatic carbocycles. The Labute approximate surface area is 181 Å². The second kappa shape index (κ2) is 11.4. The monoisotopic (exact) mass is 436 g/mol. The van der Waals surface area contributed by atoms with Gasteiger partial charge in [0, 0.05) is 31.1 Å². The fraction of sp³-hybridized carbons (Fsp3) is 0.409. The van der Waals surface area contributed by atoms with E-state index < -0.39 is 0 Å². The highest BCUT2D eigenvalue weighted by Gasteiger charge is 2.23. The van der Waals surface area contributed by atoms with E-state index in [1.807, 2.05) is 36.4 Å². The van der Waals surface area contributed by atoms with E-state index in [9.17, 15) is 4.79 Å². The molecule has 1 amide bonds. The van der Waals surface area contributed by atoms with E-state index >= 15 is 0 Å². The van der Waals surface area contributed by atoms with Crippen LogP contribution in [0.4, 0.5) is 0 Å². The van der Waals surface area contributed by atoms with Crippen LogP contribution in [0.1, 0.15) is 24.4 Å². The number of hydrogen-bond acceptors (Lipinski definition) is 4. The molecule has 1 saturated heterocycles. The molecule has 156 valence electrons. The third kappa shape index (κ3) is 6.89. The van der Waals surface area contributed by atoms with Crippen LogP contribution in [0.3, 0.4) is 0 Å². The van der Waals surface area contributed by atoms with Gasteiger partial charge in [-0.3, -0.25) is 9.69 Å². The van der Waals surface area contributed by atoms with Gasteiger partial charge in [-0.1, -0.05) is 47.5 Å². The molecule has 0 saturated carbocycles. The number of carbonyl (C=O) groups excluding carboxylic acids is 1. The molecule has 1 aliphatic rings. The maximum atomic E-state index is 12.3. The summed E-state index contributed by atoms with van der Waals surface area (Å²) in [5, 5.41) is 4.34. The van der Waals surface area contributed by atoms with Crippen molar-refractivity contribution in [2.45, 2.75) is 18.9 Å². The Bertz CT molecular complexity index is 797. The zero-order valence-electron chi connectivity index (χ0n) is 16.3. The van der Waals surface area contributed by atoms with Gasteiger partial charge in [-0.2, -0.15) is 0 Å². The first-order valence-corrected chi connectivity index (χ1v) is 10.6. The Morgan fingerprint density at radius 2 is 1.93 bits per heavy atom. The maximum absolute atomic E-state index is 12.3. The Hall–Kier alpha value is -1.79. The molecule has 1 N–H and O–H groups in total. The van der Waals surface area contributed by atoms with Gasteiger partial charge in [0.05, 0.1) is 30.9 Å². The normalized spacial score (nSPS) is 15.7. The molecule has 2 aromatic carbocycles. The van der Waals surface area contributed by atoms with Crippen molar-refractivity contribution in [1.82, 2.24) is 10.2 Å². The van der Waals surface area contributed by atoms with Crippen LogP contribution in [0.2, 0.25) is 10.0 Å². The third-order valence-electron chi connectivity index (χ3n) is 4.85. The van der Waals surface area contributed by atoms with Crippen LogP contribution in [0, 0.1) is 0 Å². The van der Waals surface area contributed by atoms with Crippen LogP contribution in [-0.2, 0) is 9.53 Å². The Morgan fingerprint density at radius 1 is 1.14 bits per heavy atom. The van der Waals surface area contributed by atoms with Crippen molar-refractivity contribution in [3.8, 4) is 5.75 Å². The molecule has 1 fully saturated rings. The summed E-state index contributed by atoms with van der Waals surface area (Å²) in [4.78, 5) is 14.7. The van der Waals surface area contributed by atoms with E-state index in [1.54, 1.807) is 6.07 Å². The standard InChI is InChI=1S/C22H26Cl2N2O3/c23-18-6-3-5-17(15-18)20(26-10-13-28-14-11-26)16-25-22(27)9-4-12-29-21-8-2-1-7-19(21)24/h1-3,5-8,15,20H,4,9-14,16H2,(H,25,27). The van der Waals surface area contributed by atoms with Gasteiger partial charge in [-0.25, -0.2) is 0 Å². The molecule has 0 radical (unpaired) electrons. The number of nitrogens with zero attached hydrogens (tertiary/aromatic N) is 1. The smallest absolute Gasteiger partial charge is 0.220 e. The zero-order chi connectivity index (χ0) is 20.5. The highest BCUT2D eigenvalue weighted by atomic mass is 35.5. The van der Waals surface area contributed by atoms with Crippen LogP contribution in [0.5, 0.6) is 5.75 Å². The first-order chi connectivity index (χ1) is 14.1.